The minimum Gasteiger partial charge on any atom is -0.497 e. The molecule has 1 saturated heterocycles. The molecule has 0 unspecified atom stereocenters. The molecule has 1 aromatic carbocycles. The Morgan fingerprint density at radius 3 is 2.44 bits per heavy atom. The van der Waals surface area contributed by atoms with E-state index in [-0.39, 0.29) is 11.7 Å². The molecule has 1 fully saturated rings. The minimum absolute atomic E-state index is 0.143. The molecule has 4 rings (SSSR count). The molecule has 5 heteroatoms. The third-order valence-corrected chi connectivity index (χ3v) is 5.77. The fraction of sp³-hybridized carbons (Fsp3) is 0.500. The van der Waals surface area contributed by atoms with Crippen LogP contribution in [0.5, 0.6) is 5.75 Å². The predicted molar refractivity (Wildman–Crippen MR) is 106 cm³/mol. The Morgan fingerprint density at radius 1 is 1.07 bits per heavy atom. The van der Waals surface area contributed by atoms with Crippen LogP contribution in [0.4, 0.5) is 5.95 Å². The van der Waals surface area contributed by atoms with Crippen molar-refractivity contribution in [3.8, 4) is 5.75 Å². The lowest BCUT2D eigenvalue weighted by molar-refractivity contribution is 0.0962. The molecule has 1 aromatic heterocycles. The molecule has 1 aliphatic heterocycles. The van der Waals surface area contributed by atoms with Gasteiger partial charge in [-0.3, -0.25) is 4.79 Å². The summed E-state index contributed by atoms with van der Waals surface area (Å²) in [4.78, 5) is 24.3. The molecular weight excluding hydrogens is 338 g/mol. The first-order chi connectivity index (χ1) is 13.0. The van der Waals surface area contributed by atoms with Crippen LogP contribution in [-0.4, -0.2) is 36.0 Å². The molecule has 1 aliphatic carbocycles. The van der Waals surface area contributed by atoms with Gasteiger partial charge in [0.1, 0.15) is 5.75 Å². The zero-order valence-corrected chi connectivity index (χ0v) is 16.3. The van der Waals surface area contributed by atoms with E-state index in [0.717, 1.165) is 42.5 Å². The van der Waals surface area contributed by atoms with Crippen molar-refractivity contribution in [3.05, 3.63) is 47.3 Å². The van der Waals surface area contributed by atoms with E-state index in [0.29, 0.717) is 23.8 Å². The van der Waals surface area contributed by atoms with E-state index in [2.05, 4.69) is 35.9 Å². The molecule has 27 heavy (non-hydrogen) atoms. The molecule has 142 valence electrons. The van der Waals surface area contributed by atoms with Gasteiger partial charge in [0.25, 0.3) is 0 Å². The van der Waals surface area contributed by atoms with Crippen LogP contribution in [0, 0.1) is 11.8 Å². The van der Waals surface area contributed by atoms with Crippen LogP contribution in [0.3, 0.4) is 0 Å². The molecular formula is C22H27N3O2. The first-order valence-corrected chi connectivity index (χ1v) is 9.81. The molecule has 3 atom stereocenters. The van der Waals surface area contributed by atoms with Gasteiger partial charge in [-0.1, -0.05) is 26.0 Å². The van der Waals surface area contributed by atoms with Crippen molar-refractivity contribution >= 4 is 11.7 Å². The van der Waals surface area contributed by atoms with Crippen LogP contribution in [0.2, 0.25) is 0 Å². The summed E-state index contributed by atoms with van der Waals surface area (Å²) in [6, 6.07) is 8.02. The van der Waals surface area contributed by atoms with Crippen molar-refractivity contribution in [2.24, 2.45) is 11.8 Å². The number of aromatic nitrogens is 2. The second-order valence-corrected chi connectivity index (χ2v) is 8.18. The summed E-state index contributed by atoms with van der Waals surface area (Å²) in [6.07, 6.45) is 4.29. The highest BCUT2D eigenvalue weighted by Crippen LogP contribution is 2.33. The SMILES string of the molecule is COc1ccc([C@H]2CC(=O)c3cnc(N4C[C@H](C)C[C@@H](C)C4)nc3C2)cc1. The van der Waals surface area contributed by atoms with Gasteiger partial charge in [-0.05, 0) is 48.3 Å². The standard InChI is InChI=1S/C22H27N3O2/c1-14-8-15(2)13-25(12-14)22-23-11-19-20(24-22)9-17(10-21(19)26)16-4-6-18(27-3)7-5-16/h4-7,11,14-15,17H,8-10,12-13H2,1-3H3/t14-,15-,17-/m1/s1. The first-order valence-electron chi connectivity index (χ1n) is 9.81. The molecule has 2 heterocycles. The number of fused-ring (bicyclic) bond motifs is 1. The number of methoxy groups -OCH3 is 1. The average molecular weight is 365 g/mol. The summed E-state index contributed by atoms with van der Waals surface area (Å²) in [5, 5.41) is 0. The lowest BCUT2D eigenvalue weighted by Gasteiger charge is -2.35. The number of nitrogens with zero attached hydrogens (tertiary/aromatic N) is 3. The third-order valence-electron chi connectivity index (χ3n) is 5.77. The van der Waals surface area contributed by atoms with Crippen LogP contribution >= 0.6 is 0 Å². The molecule has 0 saturated carbocycles. The molecule has 0 amide bonds. The Balaban J connectivity index is 1.59. The van der Waals surface area contributed by atoms with Crippen LogP contribution < -0.4 is 9.64 Å². The average Bonchev–Trinajstić information content (AvgIpc) is 2.67. The van der Waals surface area contributed by atoms with E-state index in [1.54, 1.807) is 13.3 Å². The fourth-order valence-corrected chi connectivity index (χ4v) is 4.52. The number of anilines is 1. The molecule has 0 radical (unpaired) electrons. The smallest absolute Gasteiger partial charge is 0.225 e. The van der Waals surface area contributed by atoms with E-state index in [1.807, 2.05) is 12.1 Å². The number of hydrogen-bond acceptors (Lipinski definition) is 5. The second-order valence-electron chi connectivity index (χ2n) is 8.18. The summed E-state index contributed by atoms with van der Waals surface area (Å²) < 4.78 is 5.24. The number of piperidine rings is 1. The maximum atomic E-state index is 12.7. The Morgan fingerprint density at radius 2 is 1.78 bits per heavy atom. The molecule has 0 N–H and O–H groups in total. The highest BCUT2D eigenvalue weighted by atomic mass is 16.5. The molecule has 2 aromatic rings. The topological polar surface area (TPSA) is 55.3 Å². The highest BCUT2D eigenvalue weighted by Gasteiger charge is 2.30. The Kier molecular flexibility index (Phi) is 4.85. The number of carbonyl (C=O) groups is 1. The lowest BCUT2D eigenvalue weighted by atomic mass is 9.82. The van der Waals surface area contributed by atoms with Crippen LogP contribution in [0.15, 0.2) is 30.5 Å². The zero-order chi connectivity index (χ0) is 19.0. The van der Waals surface area contributed by atoms with Crippen molar-refractivity contribution in [1.82, 2.24) is 9.97 Å². The normalized spacial score (nSPS) is 25.2. The fourth-order valence-electron chi connectivity index (χ4n) is 4.52. The van der Waals surface area contributed by atoms with E-state index in [1.165, 1.54) is 6.42 Å². The summed E-state index contributed by atoms with van der Waals surface area (Å²) in [5.41, 5.74) is 2.75. The van der Waals surface area contributed by atoms with Gasteiger partial charge in [0.05, 0.1) is 18.4 Å². The van der Waals surface area contributed by atoms with Crippen molar-refractivity contribution in [3.63, 3.8) is 0 Å². The van der Waals surface area contributed by atoms with E-state index >= 15 is 0 Å². The summed E-state index contributed by atoms with van der Waals surface area (Å²) in [5.74, 6) is 3.19. The molecule has 2 aliphatic rings. The summed E-state index contributed by atoms with van der Waals surface area (Å²) in [6.45, 7) is 6.53. The largest absolute Gasteiger partial charge is 0.497 e. The number of ether oxygens (including phenoxy) is 1. The van der Waals surface area contributed by atoms with Gasteiger partial charge in [-0.15, -0.1) is 0 Å². The molecule has 0 bridgehead atoms. The van der Waals surface area contributed by atoms with Crippen LogP contribution in [-0.2, 0) is 6.42 Å². The van der Waals surface area contributed by atoms with Gasteiger partial charge in [0.2, 0.25) is 5.95 Å². The molecule has 0 spiro atoms. The van der Waals surface area contributed by atoms with Gasteiger partial charge < -0.3 is 9.64 Å². The summed E-state index contributed by atoms with van der Waals surface area (Å²) in [7, 11) is 1.66. The quantitative estimate of drug-likeness (QED) is 0.826. The van der Waals surface area contributed by atoms with Gasteiger partial charge in [0.15, 0.2) is 5.78 Å². The van der Waals surface area contributed by atoms with Gasteiger partial charge in [0, 0.05) is 25.7 Å². The van der Waals surface area contributed by atoms with Crippen molar-refractivity contribution < 1.29 is 9.53 Å². The predicted octanol–water partition coefficient (Wildman–Crippen LogP) is 3.88. The van der Waals surface area contributed by atoms with E-state index in [9.17, 15) is 4.79 Å². The number of benzene rings is 1. The van der Waals surface area contributed by atoms with Gasteiger partial charge in [-0.2, -0.15) is 0 Å². The Labute approximate surface area is 160 Å². The number of rotatable bonds is 3. The lowest BCUT2D eigenvalue weighted by Crippen LogP contribution is -2.40. The number of hydrogen-bond donors (Lipinski definition) is 0. The van der Waals surface area contributed by atoms with E-state index in [4.69, 9.17) is 9.72 Å². The number of carbonyl (C=O) groups excluding carboxylic acids is 1. The first kappa shape index (κ1) is 18.0. The van der Waals surface area contributed by atoms with Crippen molar-refractivity contribution in [1.29, 1.82) is 0 Å². The van der Waals surface area contributed by atoms with Crippen LogP contribution in [0.25, 0.3) is 0 Å². The van der Waals surface area contributed by atoms with Crippen molar-refractivity contribution in [2.75, 3.05) is 25.1 Å². The number of ketones is 1. The van der Waals surface area contributed by atoms with Gasteiger partial charge >= 0.3 is 0 Å². The second kappa shape index (κ2) is 7.29. The monoisotopic (exact) mass is 365 g/mol. The zero-order valence-electron chi connectivity index (χ0n) is 16.3. The van der Waals surface area contributed by atoms with Crippen molar-refractivity contribution in [2.45, 2.75) is 39.0 Å². The van der Waals surface area contributed by atoms with Gasteiger partial charge in [-0.25, -0.2) is 9.97 Å². The number of Topliss-reactive ketones (excluding diaryl/α,β-unsaturated/α-hetero) is 1. The van der Waals surface area contributed by atoms with E-state index < -0.39 is 0 Å². The summed E-state index contributed by atoms with van der Waals surface area (Å²) >= 11 is 0. The van der Waals surface area contributed by atoms with Crippen LogP contribution in [0.1, 0.15) is 54.2 Å². The maximum Gasteiger partial charge on any atom is 0.225 e. The highest BCUT2D eigenvalue weighted by molar-refractivity contribution is 5.98. The maximum absolute atomic E-state index is 12.7. The minimum atomic E-state index is 0.143. The Hall–Kier alpha value is -2.43. The third kappa shape index (κ3) is 3.68. The molecule has 5 nitrogen and oxygen atoms in total. The Bertz CT molecular complexity index is 824.